The van der Waals surface area contributed by atoms with Gasteiger partial charge in [-0.05, 0) is 19.8 Å². The Bertz CT molecular complexity index is 340. The van der Waals surface area contributed by atoms with E-state index in [4.69, 9.17) is 0 Å². The predicted octanol–water partition coefficient (Wildman–Crippen LogP) is -0.368. The Hall–Kier alpha value is -0.620. The lowest BCUT2D eigenvalue weighted by Crippen LogP contribution is -2.39. The van der Waals surface area contributed by atoms with Crippen molar-refractivity contribution < 1.29 is 13.2 Å². The van der Waals surface area contributed by atoms with Crippen molar-refractivity contribution in [3.05, 3.63) is 0 Å². The molecule has 0 bridgehead atoms. The molecule has 0 radical (unpaired) electrons. The highest BCUT2D eigenvalue weighted by atomic mass is 32.2. The number of hydrogen-bond acceptors (Lipinski definition) is 4. The van der Waals surface area contributed by atoms with Crippen LogP contribution in [0.3, 0.4) is 0 Å². The van der Waals surface area contributed by atoms with Crippen LogP contribution in [0.2, 0.25) is 0 Å². The molecule has 1 rings (SSSR count). The van der Waals surface area contributed by atoms with Crippen LogP contribution >= 0.6 is 0 Å². The largest absolute Gasteiger partial charge is 0.345 e. The van der Waals surface area contributed by atoms with Crippen LogP contribution in [0.1, 0.15) is 19.8 Å². The first-order valence-electron chi connectivity index (χ1n) is 5.63. The summed E-state index contributed by atoms with van der Waals surface area (Å²) in [6.07, 6.45) is 1.46. The summed E-state index contributed by atoms with van der Waals surface area (Å²) in [5, 5.41) is 2.63. The molecule has 0 saturated carbocycles. The van der Waals surface area contributed by atoms with Crippen molar-refractivity contribution in [2.75, 3.05) is 32.4 Å². The van der Waals surface area contributed by atoms with Crippen molar-refractivity contribution in [3.63, 3.8) is 0 Å². The number of likely N-dealkylation sites (N-methyl/N-ethyl adjacent to an activating group) is 1. The third-order valence-electron chi connectivity index (χ3n) is 3.01. The number of hydrogen-bond donors (Lipinski definition) is 1. The zero-order valence-electron chi connectivity index (χ0n) is 9.90. The Kier molecular flexibility index (Phi) is 4.73. The third-order valence-corrected chi connectivity index (χ3v) is 5.29. The smallest absolute Gasteiger partial charge is 0.236 e. The summed E-state index contributed by atoms with van der Waals surface area (Å²) in [7, 11) is -1.17. The van der Waals surface area contributed by atoms with Gasteiger partial charge in [-0.3, -0.25) is 4.79 Å². The molecule has 5 nitrogen and oxygen atoms in total. The topological polar surface area (TPSA) is 66.5 Å². The van der Waals surface area contributed by atoms with Crippen LogP contribution in [0.4, 0.5) is 0 Å². The number of amides is 1. The summed E-state index contributed by atoms with van der Waals surface area (Å²) in [6.45, 7) is 3.18. The van der Waals surface area contributed by atoms with Crippen molar-refractivity contribution >= 4 is 15.7 Å². The fourth-order valence-corrected chi connectivity index (χ4v) is 3.54. The van der Waals surface area contributed by atoms with Gasteiger partial charge in [-0.15, -0.1) is 0 Å². The van der Waals surface area contributed by atoms with Gasteiger partial charge in [-0.25, -0.2) is 8.42 Å². The average molecular weight is 248 g/mol. The SMILES string of the molecule is CCN(C)C(=O)CNCC1CCCS1(=O)=O. The molecular weight excluding hydrogens is 228 g/mol. The van der Waals surface area contributed by atoms with Crippen LogP contribution in [0, 0.1) is 0 Å². The molecule has 1 heterocycles. The molecule has 1 unspecified atom stereocenters. The fraction of sp³-hybridized carbons (Fsp3) is 0.900. The van der Waals surface area contributed by atoms with E-state index in [-0.39, 0.29) is 17.7 Å². The standard InChI is InChI=1S/C10H20N2O3S/c1-3-12(2)10(13)8-11-7-9-5-4-6-16(9,14)15/h9,11H,3-8H2,1-2H3. The molecular formula is C10H20N2O3S. The molecule has 94 valence electrons. The van der Waals surface area contributed by atoms with Crippen LogP contribution in [0.15, 0.2) is 0 Å². The number of nitrogens with zero attached hydrogens (tertiary/aromatic N) is 1. The molecule has 0 aromatic carbocycles. The van der Waals surface area contributed by atoms with Gasteiger partial charge in [0.15, 0.2) is 9.84 Å². The quantitative estimate of drug-likeness (QED) is 0.721. The van der Waals surface area contributed by atoms with E-state index in [2.05, 4.69) is 5.32 Å². The van der Waals surface area contributed by atoms with E-state index in [0.29, 0.717) is 25.3 Å². The first kappa shape index (κ1) is 13.4. The van der Waals surface area contributed by atoms with Gasteiger partial charge in [-0.1, -0.05) is 0 Å². The second-order valence-corrected chi connectivity index (χ2v) is 6.57. The van der Waals surface area contributed by atoms with Crippen molar-refractivity contribution in [2.45, 2.75) is 25.0 Å². The van der Waals surface area contributed by atoms with Gasteiger partial charge in [0.2, 0.25) is 5.91 Å². The molecule has 1 N–H and O–H groups in total. The molecule has 0 aromatic rings. The fourth-order valence-electron chi connectivity index (χ4n) is 1.74. The summed E-state index contributed by atoms with van der Waals surface area (Å²) in [5.74, 6) is 0.292. The first-order chi connectivity index (χ1) is 7.47. The lowest BCUT2D eigenvalue weighted by Gasteiger charge is -2.16. The Balaban J connectivity index is 2.28. The minimum Gasteiger partial charge on any atom is -0.345 e. The molecule has 1 saturated heterocycles. The minimum atomic E-state index is -2.90. The molecule has 0 aliphatic carbocycles. The Morgan fingerprint density at radius 1 is 1.50 bits per heavy atom. The highest BCUT2D eigenvalue weighted by Crippen LogP contribution is 2.18. The van der Waals surface area contributed by atoms with Crippen molar-refractivity contribution in [1.82, 2.24) is 10.2 Å². The second-order valence-electron chi connectivity index (χ2n) is 4.17. The van der Waals surface area contributed by atoms with Gasteiger partial charge in [0.05, 0.1) is 17.5 Å². The van der Waals surface area contributed by atoms with Gasteiger partial charge in [0.25, 0.3) is 0 Å². The van der Waals surface area contributed by atoms with Gasteiger partial charge in [0.1, 0.15) is 0 Å². The van der Waals surface area contributed by atoms with Crippen LogP contribution in [0.25, 0.3) is 0 Å². The number of carbonyl (C=O) groups excluding carboxylic acids is 1. The maximum absolute atomic E-state index is 11.5. The second kappa shape index (κ2) is 5.63. The highest BCUT2D eigenvalue weighted by Gasteiger charge is 2.30. The molecule has 0 aromatic heterocycles. The first-order valence-corrected chi connectivity index (χ1v) is 7.35. The van der Waals surface area contributed by atoms with Crippen molar-refractivity contribution in [3.8, 4) is 0 Å². The zero-order valence-corrected chi connectivity index (χ0v) is 10.7. The van der Waals surface area contributed by atoms with Crippen LogP contribution in [-0.4, -0.2) is 56.9 Å². The minimum absolute atomic E-state index is 0.00195. The predicted molar refractivity (Wildman–Crippen MR) is 63.0 cm³/mol. The van der Waals surface area contributed by atoms with E-state index in [0.717, 1.165) is 6.42 Å². The van der Waals surface area contributed by atoms with Gasteiger partial charge < -0.3 is 10.2 Å². The van der Waals surface area contributed by atoms with Crippen molar-refractivity contribution in [1.29, 1.82) is 0 Å². The summed E-state index contributed by atoms with van der Waals surface area (Å²) >= 11 is 0. The van der Waals surface area contributed by atoms with Crippen LogP contribution in [-0.2, 0) is 14.6 Å². The van der Waals surface area contributed by atoms with Crippen LogP contribution in [0.5, 0.6) is 0 Å². The van der Waals surface area contributed by atoms with Crippen molar-refractivity contribution in [2.24, 2.45) is 0 Å². The third kappa shape index (κ3) is 3.45. The molecule has 1 aliphatic heterocycles. The maximum atomic E-state index is 11.5. The highest BCUT2D eigenvalue weighted by molar-refractivity contribution is 7.92. The molecule has 0 spiro atoms. The van der Waals surface area contributed by atoms with E-state index in [1.165, 1.54) is 0 Å². The van der Waals surface area contributed by atoms with E-state index < -0.39 is 9.84 Å². The Morgan fingerprint density at radius 2 is 2.19 bits per heavy atom. The molecule has 1 aliphatic rings. The molecule has 1 fully saturated rings. The van der Waals surface area contributed by atoms with Gasteiger partial charge in [0, 0.05) is 20.1 Å². The molecule has 1 amide bonds. The number of sulfone groups is 1. The number of carbonyl (C=O) groups is 1. The van der Waals surface area contributed by atoms with E-state index >= 15 is 0 Å². The summed E-state index contributed by atoms with van der Waals surface area (Å²) in [5.41, 5.74) is 0. The lowest BCUT2D eigenvalue weighted by molar-refractivity contribution is -0.128. The summed E-state index contributed by atoms with van der Waals surface area (Å²) < 4.78 is 23.0. The normalized spacial score (nSPS) is 23.2. The van der Waals surface area contributed by atoms with E-state index in [1.807, 2.05) is 6.92 Å². The lowest BCUT2D eigenvalue weighted by atomic mass is 10.2. The van der Waals surface area contributed by atoms with E-state index in [9.17, 15) is 13.2 Å². The monoisotopic (exact) mass is 248 g/mol. The van der Waals surface area contributed by atoms with Gasteiger partial charge in [-0.2, -0.15) is 0 Å². The average Bonchev–Trinajstić information content (AvgIpc) is 2.57. The molecule has 1 atom stereocenters. The maximum Gasteiger partial charge on any atom is 0.236 e. The Labute approximate surface area is 97.1 Å². The van der Waals surface area contributed by atoms with Crippen LogP contribution < -0.4 is 5.32 Å². The molecule has 16 heavy (non-hydrogen) atoms. The summed E-state index contributed by atoms with van der Waals surface area (Å²) in [6, 6.07) is 0. The number of nitrogens with one attached hydrogen (secondary N) is 1. The molecule has 6 heteroatoms. The summed E-state index contributed by atoms with van der Waals surface area (Å²) in [4.78, 5) is 13.0. The number of rotatable bonds is 5. The van der Waals surface area contributed by atoms with E-state index in [1.54, 1.807) is 11.9 Å². The zero-order chi connectivity index (χ0) is 12.2. The van der Waals surface area contributed by atoms with Gasteiger partial charge >= 0.3 is 0 Å². The Morgan fingerprint density at radius 3 is 2.69 bits per heavy atom.